The first kappa shape index (κ1) is 10.7. The lowest BCUT2D eigenvalue weighted by molar-refractivity contribution is 0.258. The predicted octanol–water partition coefficient (Wildman–Crippen LogP) is 2.56. The third-order valence-electron chi connectivity index (χ3n) is 2.30. The summed E-state index contributed by atoms with van der Waals surface area (Å²) in [5, 5.41) is 9.12. The predicted molar refractivity (Wildman–Crippen MR) is 62.0 cm³/mol. The fourth-order valence-electron chi connectivity index (χ4n) is 1.45. The fraction of sp³-hybridized carbons (Fsp3) is 0.143. The molecule has 2 heteroatoms. The van der Waals surface area contributed by atoms with Gasteiger partial charge in [-0.2, -0.15) is 0 Å². The first-order valence-corrected chi connectivity index (χ1v) is 5.17. The van der Waals surface area contributed by atoms with Gasteiger partial charge in [0, 0.05) is 11.6 Å². The molecule has 0 saturated heterocycles. The lowest BCUT2D eigenvalue weighted by Crippen LogP contribution is -1.98. The number of hydrogen-bond acceptors (Lipinski definition) is 2. The summed E-state index contributed by atoms with van der Waals surface area (Å²) in [4.78, 5) is 0. The van der Waals surface area contributed by atoms with E-state index in [0.717, 1.165) is 11.1 Å². The first-order valence-electron chi connectivity index (χ1n) is 5.17. The molecule has 2 aromatic rings. The van der Waals surface area contributed by atoms with Crippen LogP contribution in [0, 0.1) is 6.07 Å². The number of ether oxygens (including phenoxy) is 1. The fourth-order valence-corrected chi connectivity index (χ4v) is 1.45. The maximum atomic E-state index is 9.12. The number of hydrogen-bond donors (Lipinski definition) is 1. The third-order valence-corrected chi connectivity index (χ3v) is 2.30. The molecule has 0 spiro atoms. The third kappa shape index (κ3) is 2.61. The normalized spacial score (nSPS) is 10.1. The summed E-state index contributed by atoms with van der Waals surface area (Å²) in [6, 6.07) is 18.3. The Labute approximate surface area is 95.1 Å². The van der Waals surface area contributed by atoms with E-state index < -0.39 is 0 Å². The molecule has 0 heterocycles. The molecule has 0 amide bonds. The van der Waals surface area contributed by atoms with Crippen molar-refractivity contribution in [3.63, 3.8) is 0 Å². The van der Waals surface area contributed by atoms with E-state index in [-0.39, 0.29) is 6.61 Å². The van der Waals surface area contributed by atoms with Crippen molar-refractivity contribution >= 4 is 0 Å². The summed E-state index contributed by atoms with van der Waals surface area (Å²) in [5.41, 5.74) is 1.86. The Morgan fingerprint density at radius 3 is 2.62 bits per heavy atom. The molecule has 0 aliphatic rings. The standard InChI is InChI=1S/C14H13O2/c15-10-13-8-4-5-9-14(13)16-11-12-6-2-1-3-7-12/h1-8,15H,10-11H2. The summed E-state index contributed by atoms with van der Waals surface area (Å²) >= 11 is 0. The van der Waals surface area contributed by atoms with E-state index in [1.165, 1.54) is 0 Å². The molecule has 2 rings (SSSR count). The van der Waals surface area contributed by atoms with Crippen LogP contribution in [-0.2, 0) is 13.2 Å². The minimum absolute atomic E-state index is 0.0263. The van der Waals surface area contributed by atoms with Gasteiger partial charge in [-0.3, -0.25) is 0 Å². The highest BCUT2D eigenvalue weighted by molar-refractivity contribution is 5.31. The average molecular weight is 213 g/mol. The van der Waals surface area contributed by atoms with Crippen LogP contribution in [0.5, 0.6) is 5.75 Å². The highest BCUT2D eigenvalue weighted by Gasteiger charge is 2.01. The Hall–Kier alpha value is -1.80. The molecule has 0 aliphatic heterocycles. The van der Waals surface area contributed by atoms with Crippen LogP contribution in [0.2, 0.25) is 0 Å². The molecule has 0 fully saturated rings. The Balaban J connectivity index is 2.05. The van der Waals surface area contributed by atoms with E-state index in [1.54, 1.807) is 6.07 Å². The summed E-state index contributed by atoms with van der Waals surface area (Å²) in [6.07, 6.45) is 0. The summed E-state index contributed by atoms with van der Waals surface area (Å²) < 4.78 is 5.60. The molecule has 0 aromatic heterocycles. The van der Waals surface area contributed by atoms with E-state index >= 15 is 0 Å². The van der Waals surface area contributed by atoms with Crippen molar-refractivity contribution < 1.29 is 9.84 Å². The largest absolute Gasteiger partial charge is 0.488 e. The molecule has 0 bridgehead atoms. The number of rotatable bonds is 4. The van der Waals surface area contributed by atoms with E-state index in [4.69, 9.17) is 9.84 Å². The summed E-state index contributed by atoms with van der Waals surface area (Å²) in [7, 11) is 0. The maximum Gasteiger partial charge on any atom is 0.133 e. The maximum absolute atomic E-state index is 9.12. The van der Waals surface area contributed by atoms with Crippen LogP contribution in [0.25, 0.3) is 0 Å². The van der Waals surface area contributed by atoms with E-state index in [0.29, 0.717) is 12.4 Å². The zero-order chi connectivity index (χ0) is 11.2. The van der Waals surface area contributed by atoms with Crippen molar-refractivity contribution in [2.24, 2.45) is 0 Å². The molecule has 0 aliphatic carbocycles. The van der Waals surface area contributed by atoms with Crippen LogP contribution in [0.3, 0.4) is 0 Å². The second-order valence-corrected chi connectivity index (χ2v) is 3.46. The van der Waals surface area contributed by atoms with E-state index in [9.17, 15) is 0 Å². The topological polar surface area (TPSA) is 29.5 Å². The molecular formula is C14H13O2. The van der Waals surface area contributed by atoms with Gasteiger partial charge in [-0.15, -0.1) is 0 Å². The van der Waals surface area contributed by atoms with Crippen molar-refractivity contribution in [1.82, 2.24) is 0 Å². The van der Waals surface area contributed by atoms with Gasteiger partial charge in [0.25, 0.3) is 0 Å². The van der Waals surface area contributed by atoms with Gasteiger partial charge in [0.05, 0.1) is 6.61 Å². The van der Waals surface area contributed by atoms with Crippen molar-refractivity contribution in [3.05, 3.63) is 65.7 Å². The Kier molecular flexibility index (Phi) is 3.57. The zero-order valence-corrected chi connectivity index (χ0v) is 8.89. The Morgan fingerprint density at radius 1 is 1.06 bits per heavy atom. The molecule has 81 valence electrons. The van der Waals surface area contributed by atoms with Gasteiger partial charge in [-0.05, 0) is 5.56 Å². The van der Waals surface area contributed by atoms with Crippen molar-refractivity contribution in [2.45, 2.75) is 13.2 Å². The molecule has 16 heavy (non-hydrogen) atoms. The smallest absolute Gasteiger partial charge is 0.133 e. The second kappa shape index (κ2) is 5.33. The van der Waals surface area contributed by atoms with Crippen molar-refractivity contribution in [2.75, 3.05) is 0 Å². The van der Waals surface area contributed by atoms with Crippen molar-refractivity contribution in [3.8, 4) is 5.75 Å². The number of benzene rings is 2. The van der Waals surface area contributed by atoms with Crippen LogP contribution in [0.15, 0.2) is 48.5 Å². The van der Waals surface area contributed by atoms with E-state index in [2.05, 4.69) is 6.07 Å². The number of aliphatic hydroxyl groups excluding tert-OH is 1. The number of para-hydroxylation sites is 1. The van der Waals surface area contributed by atoms with Gasteiger partial charge in [0.15, 0.2) is 0 Å². The van der Waals surface area contributed by atoms with Crippen molar-refractivity contribution in [1.29, 1.82) is 0 Å². The van der Waals surface area contributed by atoms with Gasteiger partial charge in [0.1, 0.15) is 12.4 Å². The molecule has 0 atom stereocenters. The molecule has 2 aromatic carbocycles. The lowest BCUT2D eigenvalue weighted by Gasteiger charge is -2.09. The molecule has 1 N–H and O–H groups in total. The highest BCUT2D eigenvalue weighted by atomic mass is 16.5. The Bertz CT molecular complexity index is 437. The molecule has 0 unspecified atom stereocenters. The molecule has 0 saturated carbocycles. The van der Waals surface area contributed by atoms with Gasteiger partial charge < -0.3 is 9.84 Å². The van der Waals surface area contributed by atoms with Crippen LogP contribution in [0.4, 0.5) is 0 Å². The highest BCUT2D eigenvalue weighted by Crippen LogP contribution is 2.18. The van der Waals surface area contributed by atoms with Crippen LogP contribution in [-0.4, -0.2) is 5.11 Å². The van der Waals surface area contributed by atoms with Gasteiger partial charge >= 0.3 is 0 Å². The van der Waals surface area contributed by atoms with Crippen LogP contribution in [0.1, 0.15) is 11.1 Å². The molecule has 2 nitrogen and oxygen atoms in total. The van der Waals surface area contributed by atoms with Gasteiger partial charge in [0.2, 0.25) is 0 Å². The van der Waals surface area contributed by atoms with Crippen LogP contribution >= 0.6 is 0 Å². The number of aliphatic hydroxyl groups is 1. The van der Waals surface area contributed by atoms with Gasteiger partial charge in [-0.1, -0.05) is 48.5 Å². The quantitative estimate of drug-likeness (QED) is 0.845. The zero-order valence-electron chi connectivity index (χ0n) is 8.89. The minimum atomic E-state index is -0.0263. The average Bonchev–Trinajstić information content (AvgIpc) is 2.38. The first-order chi connectivity index (χ1) is 7.90. The molecular weight excluding hydrogens is 200 g/mol. The Morgan fingerprint density at radius 2 is 1.88 bits per heavy atom. The van der Waals surface area contributed by atoms with Gasteiger partial charge in [-0.25, -0.2) is 0 Å². The monoisotopic (exact) mass is 213 g/mol. The van der Waals surface area contributed by atoms with E-state index in [1.807, 2.05) is 42.5 Å². The SMILES string of the molecule is OCc1ccc[c]c1OCc1ccccc1. The summed E-state index contributed by atoms with van der Waals surface area (Å²) in [6.45, 7) is 0.468. The minimum Gasteiger partial charge on any atom is -0.488 e. The lowest BCUT2D eigenvalue weighted by atomic mass is 10.2. The summed E-state index contributed by atoms with van der Waals surface area (Å²) in [5.74, 6) is 0.619. The molecule has 1 radical (unpaired) electrons. The second-order valence-electron chi connectivity index (χ2n) is 3.46. The van der Waals surface area contributed by atoms with Crippen LogP contribution < -0.4 is 4.74 Å².